The Bertz CT molecular complexity index is 376. The summed E-state index contributed by atoms with van der Waals surface area (Å²) >= 11 is 0. The van der Waals surface area contributed by atoms with Crippen LogP contribution in [-0.2, 0) is 4.79 Å². The van der Waals surface area contributed by atoms with Gasteiger partial charge in [-0.05, 0) is 37.1 Å². The van der Waals surface area contributed by atoms with Crippen molar-refractivity contribution in [1.82, 2.24) is 5.32 Å². The highest BCUT2D eigenvalue weighted by Crippen LogP contribution is 2.17. The van der Waals surface area contributed by atoms with Gasteiger partial charge in [0, 0.05) is 13.0 Å². The van der Waals surface area contributed by atoms with Crippen molar-refractivity contribution in [3.63, 3.8) is 0 Å². The van der Waals surface area contributed by atoms with Crippen LogP contribution in [0.2, 0.25) is 0 Å². The van der Waals surface area contributed by atoms with Crippen molar-refractivity contribution in [1.29, 1.82) is 0 Å². The van der Waals surface area contributed by atoms with Gasteiger partial charge in [0.05, 0.1) is 13.7 Å². The Morgan fingerprint density at radius 3 is 2.45 bits per heavy atom. The van der Waals surface area contributed by atoms with E-state index >= 15 is 0 Å². The number of unbranched alkanes of at least 4 members (excludes halogenated alkanes) is 2. The van der Waals surface area contributed by atoms with E-state index < -0.39 is 0 Å². The van der Waals surface area contributed by atoms with Crippen molar-refractivity contribution >= 4 is 5.91 Å². The Morgan fingerprint density at radius 2 is 1.80 bits per heavy atom. The highest BCUT2D eigenvalue weighted by atomic mass is 16.5. The van der Waals surface area contributed by atoms with E-state index in [4.69, 9.17) is 9.47 Å². The lowest BCUT2D eigenvalue weighted by atomic mass is 10.2. The van der Waals surface area contributed by atoms with Crippen LogP contribution < -0.4 is 14.8 Å². The monoisotopic (exact) mass is 279 g/mol. The van der Waals surface area contributed by atoms with Gasteiger partial charge in [-0.3, -0.25) is 4.79 Å². The highest BCUT2D eigenvalue weighted by molar-refractivity contribution is 5.75. The molecular weight excluding hydrogens is 254 g/mol. The molecule has 0 radical (unpaired) electrons. The van der Waals surface area contributed by atoms with Crippen LogP contribution in [0.25, 0.3) is 0 Å². The zero-order valence-corrected chi connectivity index (χ0v) is 12.5. The Balaban J connectivity index is 2.07. The molecule has 0 atom stereocenters. The standard InChI is InChI=1S/C16H25NO3/c1-3-4-5-12-17-16(18)7-6-13-20-15-10-8-14(19-2)9-11-15/h8-11H,3-7,12-13H2,1-2H3,(H,17,18). The maximum absolute atomic E-state index is 11.5. The minimum Gasteiger partial charge on any atom is -0.497 e. The third-order valence-electron chi connectivity index (χ3n) is 2.98. The molecule has 20 heavy (non-hydrogen) atoms. The summed E-state index contributed by atoms with van der Waals surface area (Å²) in [6.07, 6.45) is 4.64. The maximum atomic E-state index is 11.5. The van der Waals surface area contributed by atoms with Crippen molar-refractivity contribution in [2.24, 2.45) is 0 Å². The molecule has 1 amide bonds. The lowest BCUT2D eigenvalue weighted by molar-refractivity contribution is -0.121. The molecule has 0 aliphatic carbocycles. The average molecular weight is 279 g/mol. The molecule has 0 heterocycles. The fourth-order valence-electron chi connectivity index (χ4n) is 1.79. The third-order valence-corrected chi connectivity index (χ3v) is 2.98. The van der Waals surface area contributed by atoms with Gasteiger partial charge in [0.15, 0.2) is 0 Å². The van der Waals surface area contributed by atoms with E-state index in [9.17, 15) is 4.79 Å². The lowest BCUT2D eigenvalue weighted by Gasteiger charge is -2.07. The van der Waals surface area contributed by atoms with Gasteiger partial charge in [-0.1, -0.05) is 19.8 Å². The first-order valence-corrected chi connectivity index (χ1v) is 7.29. The number of ether oxygens (including phenoxy) is 2. The summed E-state index contributed by atoms with van der Waals surface area (Å²) in [6.45, 7) is 3.49. The van der Waals surface area contributed by atoms with Crippen LogP contribution in [-0.4, -0.2) is 26.2 Å². The quantitative estimate of drug-likeness (QED) is 0.669. The summed E-state index contributed by atoms with van der Waals surface area (Å²) in [7, 11) is 1.63. The maximum Gasteiger partial charge on any atom is 0.220 e. The first kappa shape index (κ1) is 16.3. The van der Waals surface area contributed by atoms with Gasteiger partial charge in [0.1, 0.15) is 11.5 Å². The number of nitrogens with one attached hydrogen (secondary N) is 1. The summed E-state index contributed by atoms with van der Waals surface area (Å²) in [5.74, 6) is 1.72. The van der Waals surface area contributed by atoms with Gasteiger partial charge in [-0.25, -0.2) is 0 Å². The van der Waals surface area contributed by atoms with Crippen LogP contribution in [0.1, 0.15) is 39.0 Å². The number of hydrogen-bond donors (Lipinski definition) is 1. The molecule has 0 bridgehead atoms. The van der Waals surface area contributed by atoms with Crippen molar-refractivity contribution in [3.05, 3.63) is 24.3 Å². The zero-order valence-electron chi connectivity index (χ0n) is 12.5. The first-order valence-electron chi connectivity index (χ1n) is 7.29. The molecule has 1 aromatic rings. The number of carbonyl (C=O) groups excluding carboxylic acids is 1. The number of hydrogen-bond acceptors (Lipinski definition) is 3. The van der Waals surface area contributed by atoms with E-state index in [0.29, 0.717) is 13.0 Å². The second kappa shape index (κ2) is 10.1. The van der Waals surface area contributed by atoms with Gasteiger partial charge in [-0.15, -0.1) is 0 Å². The van der Waals surface area contributed by atoms with Gasteiger partial charge in [0.2, 0.25) is 5.91 Å². The van der Waals surface area contributed by atoms with Gasteiger partial charge in [-0.2, -0.15) is 0 Å². The predicted octanol–water partition coefficient (Wildman–Crippen LogP) is 3.16. The van der Waals surface area contributed by atoms with Gasteiger partial charge >= 0.3 is 0 Å². The Hall–Kier alpha value is -1.71. The largest absolute Gasteiger partial charge is 0.497 e. The summed E-state index contributed by atoms with van der Waals surface area (Å²) in [6, 6.07) is 7.44. The third kappa shape index (κ3) is 7.02. The Kier molecular flexibility index (Phi) is 8.27. The Morgan fingerprint density at radius 1 is 1.10 bits per heavy atom. The summed E-state index contributed by atoms with van der Waals surface area (Å²) < 4.78 is 10.6. The second-order valence-corrected chi connectivity index (χ2v) is 4.68. The predicted molar refractivity (Wildman–Crippen MR) is 80.3 cm³/mol. The van der Waals surface area contributed by atoms with E-state index in [0.717, 1.165) is 30.9 Å². The van der Waals surface area contributed by atoms with E-state index in [1.54, 1.807) is 7.11 Å². The van der Waals surface area contributed by atoms with Crippen molar-refractivity contribution in [2.75, 3.05) is 20.3 Å². The molecule has 0 aliphatic rings. The van der Waals surface area contributed by atoms with E-state index in [1.807, 2.05) is 24.3 Å². The molecule has 1 rings (SSSR count). The van der Waals surface area contributed by atoms with E-state index in [-0.39, 0.29) is 5.91 Å². The molecule has 0 unspecified atom stereocenters. The molecule has 4 heteroatoms. The molecular formula is C16H25NO3. The number of benzene rings is 1. The molecule has 112 valence electrons. The van der Waals surface area contributed by atoms with Crippen LogP contribution in [0.5, 0.6) is 11.5 Å². The molecule has 0 spiro atoms. The number of carbonyl (C=O) groups is 1. The van der Waals surface area contributed by atoms with Gasteiger partial charge in [0.25, 0.3) is 0 Å². The van der Waals surface area contributed by atoms with E-state index in [1.165, 1.54) is 12.8 Å². The molecule has 4 nitrogen and oxygen atoms in total. The smallest absolute Gasteiger partial charge is 0.220 e. The minimum atomic E-state index is 0.111. The van der Waals surface area contributed by atoms with Crippen LogP contribution >= 0.6 is 0 Å². The van der Waals surface area contributed by atoms with Crippen molar-refractivity contribution < 1.29 is 14.3 Å². The summed E-state index contributed by atoms with van der Waals surface area (Å²) in [5.41, 5.74) is 0. The molecule has 0 fully saturated rings. The van der Waals surface area contributed by atoms with Gasteiger partial charge < -0.3 is 14.8 Å². The molecule has 0 aromatic heterocycles. The highest BCUT2D eigenvalue weighted by Gasteiger charge is 2.01. The fraction of sp³-hybridized carbons (Fsp3) is 0.562. The van der Waals surface area contributed by atoms with Crippen LogP contribution in [0.3, 0.4) is 0 Å². The van der Waals surface area contributed by atoms with Crippen LogP contribution in [0.4, 0.5) is 0 Å². The van der Waals surface area contributed by atoms with Crippen molar-refractivity contribution in [2.45, 2.75) is 39.0 Å². The van der Waals surface area contributed by atoms with Crippen LogP contribution in [0, 0.1) is 0 Å². The number of amides is 1. The fourth-order valence-corrected chi connectivity index (χ4v) is 1.79. The molecule has 0 saturated heterocycles. The topological polar surface area (TPSA) is 47.6 Å². The molecule has 1 N–H and O–H groups in total. The summed E-state index contributed by atoms with van der Waals surface area (Å²) in [5, 5.41) is 2.92. The molecule has 0 saturated carbocycles. The zero-order chi connectivity index (χ0) is 14.6. The Labute approximate surface area is 121 Å². The van der Waals surface area contributed by atoms with E-state index in [2.05, 4.69) is 12.2 Å². The minimum absolute atomic E-state index is 0.111. The average Bonchev–Trinajstić information content (AvgIpc) is 2.49. The molecule has 1 aromatic carbocycles. The van der Waals surface area contributed by atoms with Crippen LogP contribution in [0.15, 0.2) is 24.3 Å². The first-order chi connectivity index (χ1) is 9.76. The number of rotatable bonds is 10. The summed E-state index contributed by atoms with van der Waals surface area (Å²) in [4.78, 5) is 11.5. The number of methoxy groups -OCH3 is 1. The lowest BCUT2D eigenvalue weighted by Crippen LogP contribution is -2.24. The molecule has 0 aliphatic heterocycles. The second-order valence-electron chi connectivity index (χ2n) is 4.68. The SMILES string of the molecule is CCCCCNC(=O)CCCOc1ccc(OC)cc1. The normalized spacial score (nSPS) is 10.1. The van der Waals surface area contributed by atoms with Crippen molar-refractivity contribution in [3.8, 4) is 11.5 Å².